The van der Waals surface area contributed by atoms with Gasteiger partial charge >= 0.3 is 0 Å². The van der Waals surface area contributed by atoms with Gasteiger partial charge in [0, 0.05) is 30.7 Å². The summed E-state index contributed by atoms with van der Waals surface area (Å²) in [6, 6.07) is 4.66. The molecule has 0 spiro atoms. The predicted octanol–water partition coefficient (Wildman–Crippen LogP) is 2.75. The van der Waals surface area contributed by atoms with Crippen LogP contribution in [0.4, 0.5) is 4.39 Å². The molecule has 1 unspecified atom stereocenters. The van der Waals surface area contributed by atoms with Crippen LogP contribution in [-0.2, 0) is 0 Å². The van der Waals surface area contributed by atoms with Gasteiger partial charge in [-0.05, 0) is 50.8 Å². The van der Waals surface area contributed by atoms with Gasteiger partial charge in [0.1, 0.15) is 5.82 Å². The summed E-state index contributed by atoms with van der Waals surface area (Å²) < 4.78 is 13.5. The van der Waals surface area contributed by atoms with Crippen LogP contribution in [0.2, 0.25) is 5.02 Å². The van der Waals surface area contributed by atoms with E-state index in [2.05, 4.69) is 16.7 Å². The maximum atomic E-state index is 13.5. The quantitative estimate of drug-likeness (QED) is 0.801. The minimum atomic E-state index is -0.310. The van der Waals surface area contributed by atoms with Gasteiger partial charge < -0.3 is 10.6 Å². The lowest BCUT2D eigenvalue weighted by Crippen LogP contribution is -2.38. The van der Waals surface area contributed by atoms with Gasteiger partial charge in [-0.2, -0.15) is 0 Å². The van der Waals surface area contributed by atoms with Gasteiger partial charge in [-0.1, -0.05) is 18.5 Å². The minimum absolute atomic E-state index is 0.00287. The van der Waals surface area contributed by atoms with Gasteiger partial charge in [0.15, 0.2) is 0 Å². The molecule has 2 N–H and O–H groups in total. The molecular weight excluding hydrogens is 277 g/mol. The minimum Gasteiger partial charge on any atom is -0.329 e. The highest BCUT2D eigenvalue weighted by molar-refractivity contribution is 6.30. The number of hydrogen-bond acceptors (Lipinski definition) is 3. The number of benzene rings is 1. The number of likely N-dealkylation sites (N-methyl/N-ethyl adjacent to an activating group) is 1. The Morgan fingerprint density at radius 3 is 2.40 bits per heavy atom. The summed E-state index contributed by atoms with van der Waals surface area (Å²) in [4.78, 5) is 4.43. The van der Waals surface area contributed by atoms with E-state index in [1.54, 1.807) is 6.07 Å². The predicted molar refractivity (Wildman–Crippen MR) is 83.6 cm³/mol. The normalized spacial score (nSPS) is 13.2. The van der Waals surface area contributed by atoms with Gasteiger partial charge in [0.2, 0.25) is 0 Å². The van der Waals surface area contributed by atoms with Crippen molar-refractivity contribution in [1.29, 1.82) is 0 Å². The molecule has 0 aliphatic heterocycles. The molecule has 1 aromatic carbocycles. The van der Waals surface area contributed by atoms with E-state index in [1.807, 2.05) is 14.1 Å². The van der Waals surface area contributed by atoms with E-state index >= 15 is 0 Å². The Labute approximate surface area is 126 Å². The first kappa shape index (κ1) is 17.4. The molecule has 114 valence electrons. The Balaban J connectivity index is 2.93. The first-order chi connectivity index (χ1) is 9.47. The number of nitrogens with two attached hydrogens (primary N) is 1. The molecule has 5 heteroatoms. The van der Waals surface area contributed by atoms with Gasteiger partial charge in [-0.3, -0.25) is 4.90 Å². The average Bonchev–Trinajstić information content (AvgIpc) is 2.35. The molecule has 0 bridgehead atoms. The lowest BCUT2D eigenvalue weighted by Gasteiger charge is -2.32. The summed E-state index contributed by atoms with van der Waals surface area (Å²) in [5.41, 5.74) is 6.77. The number of halogens is 2. The van der Waals surface area contributed by atoms with Gasteiger partial charge in [-0.15, -0.1) is 0 Å². The Bertz CT molecular complexity index is 392. The van der Waals surface area contributed by atoms with Gasteiger partial charge in [0.25, 0.3) is 0 Å². The number of hydrogen-bond donors (Lipinski definition) is 1. The van der Waals surface area contributed by atoms with Crippen molar-refractivity contribution in [2.24, 2.45) is 5.73 Å². The zero-order valence-electron chi connectivity index (χ0n) is 12.6. The summed E-state index contributed by atoms with van der Waals surface area (Å²) in [6.07, 6.45) is 1.03. The molecule has 3 nitrogen and oxygen atoms in total. The SMILES string of the molecule is CCCN(CCN(C)C)C(CN)c1cc(F)cc(Cl)c1. The smallest absolute Gasteiger partial charge is 0.125 e. The molecule has 1 aromatic rings. The second kappa shape index (κ2) is 8.57. The Morgan fingerprint density at radius 2 is 1.90 bits per heavy atom. The van der Waals surface area contributed by atoms with Crippen LogP contribution in [0.3, 0.4) is 0 Å². The van der Waals surface area contributed by atoms with E-state index in [-0.39, 0.29) is 11.9 Å². The van der Waals surface area contributed by atoms with Crippen molar-refractivity contribution in [1.82, 2.24) is 9.80 Å². The molecule has 1 rings (SSSR count). The van der Waals surface area contributed by atoms with Gasteiger partial charge in [0.05, 0.1) is 0 Å². The standard InChI is InChI=1S/C15H25ClFN3/c1-4-5-20(7-6-19(2)3)15(11-18)12-8-13(16)10-14(17)9-12/h8-10,15H,4-7,11,18H2,1-3H3. The molecule has 0 fully saturated rings. The molecule has 0 aliphatic carbocycles. The first-order valence-corrected chi connectivity index (χ1v) is 7.40. The van der Waals surface area contributed by atoms with Crippen molar-refractivity contribution in [2.45, 2.75) is 19.4 Å². The number of nitrogens with zero attached hydrogens (tertiary/aromatic N) is 2. The molecule has 0 aromatic heterocycles. The summed E-state index contributed by atoms with van der Waals surface area (Å²) in [5, 5.41) is 0.419. The summed E-state index contributed by atoms with van der Waals surface area (Å²) in [6.45, 7) is 5.36. The lowest BCUT2D eigenvalue weighted by molar-refractivity contribution is 0.182. The fourth-order valence-electron chi connectivity index (χ4n) is 2.30. The monoisotopic (exact) mass is 301 g/mol. The number of rotatable bonds is 8. The lowest BCUT2D eigenvalue weighted by atomic mass is 10.0. The molecule has 1 atom stereocenters. The van der Waals surface area contributed by atoms with Crippen LogP contribution in [0.15, 0.2) is 18.2 Å². The summed E-state index contributed by atoms with van der Waals surface area (Å²) in [5.74, 6) is -0.310. The van der Waals surface area contributed by atoms with Crippen molar-refractivity contribution >= 4 is 11.6 Å². The van der Waals surface area contributed by atoms with Crippen LogP contribution in [0, 0.1) is 5.82 Å². The third-order valence-electron chi connectivity index (χ3n) is 3.28. The molecule has 0 aliphatic rings. The van der Waals surface area contributed by atoms with E-state index in [9.17, 15) is 4.39 Å². The highest BCUT2D eigenvalue weighted by Crippen LogP contribution is 2.24. The largest absolute Gasteiger partial charge is 0.329 e. The maximum Gasteiger partial charge on any atom is 0.125 e. The Kier molecular flexibility index (Phi) is 7.45. The summed E-state index contributed by atoms with van der Waals surface area (Å²) in [7, 11) is 4.08. The van der Waals surface area contributed by atoms with Crippen molar-refractivity contribution in [3.8, 4) is 0 Å². The van der Waals surface area contributed by atoms with Crippen LogP contribution >= 0.6 is 11.6 Å². The first-order valence-electron chi connectivity index (χ1n) is 7.02. The molecule has 0 heterocycles. The zero-order chi connectivity index (χ0) is 15.1. The van der Waals surface area contributed by atoms with Crippen LogP contribution in [-0.4, -0.2) is 50.1 Å². The fourth-order valence-corrected chi connectivity index (χ4v) is 2.53. The highest BCUT2D eigenvalue weighted by atomic mass is 35.5. The van der Waals surface area contributed by atoms with Gasteiger partial charge in [-0.25, -0.2) is 4.39 Å². The van der Waals surface area contributed by atoms with E-state index in [0.29, 0.717) is 11.6 Å². The molecule has 0 amide bonds. The summed E-state index contributed by atoms with van der Waals surface area (Å²) >= 11 is 5.95. The molecule has 0 saturated heterocycles. The van der Waals surface area contributed by atoms with E-state index < -0.39 is 0 Å². The van der Waals surface area contributed by atoms with Crippen LogP contribution < -0.4 is 5.73 Å². The second-order valence-corrected chi connectivity index (χ2v) is 5.73. The molecular formula is C15H25ClFN3. The second-order valence-electron chi connectivity index (χ2n) is 5.29. The van der Waals surface area contributed by atoms with Crippen LogP contribution in [0.1, 0.15) is 24.9 Å². The van der Waals surface area contributed by atoms with Crippen molar-refractivity contribution in [3.05, 3.63) is 34.6 Å². The topological polar surface area (TPSA) is 32.5 Å². The molecule has 0 radical (unpaired) electrons. The fraction of sp³-hybridized carbons (Fsp3) is 0.600. The maximum absolute atomic E-state index is 13.5. The van der Waals surface area contributed by atoms with Crippen molar-refractivity contribution < 1.29 is 4.39 Å². The van der Waals surface area contributed by atoms with Crippen molar-refractivity contribution in [2.75, 3.05) is 40.3 Å². The third-order valence-corrected chi connectivity index (χ3v) is 3.50. The highest BCUT2D eigenvalue weighted by Gasteiger charge is 2.19. The Morgan fingerprint density at radius 1 is 1.20 bits per heavy atom. The molecule has 0 saturated carbocycles. The van der Waals surface area contributed by atoms with Crippen LogP contribution in [0.5, 0.6) is 0 Å². The van der Waals surface area contributed by atoms with E-state index in [4.69, 9.17) is 17.3 Å². The van der Waals surface area contributed by atoms with Crippen molar-refractivity contribution in [3.63, 3.8) is 0 Å². The zero-order valence-corrected chi connectivity index (χ0v) is 13.3. The molecule has 20 heavy (non-hydrogen) atoms. The van der Waals surface area contributed by atoms with E-state index in [0.717, 1.165) is 31.6 Å². The Hall–Kier alpha value is -0.680. The van der Waals surface area contributed by atoms with E-state index in [1.165, 1.54) is 12.1 Å². The average molecular weight is 302 g/mol. The third kappa shape index (κ3) is 5.37. The van der Waals surface area contributed by atoms with Crippen LogP contribution in [0.25, 0.3) is 0 Å².